The van der Waals surface area contributed by atoms with Gasteiger partial charge in [-0.1, -0.05) is 30.3 Å². The van der Waals surface area contributed by atoms with Crippen LogP contribution in [0.3, 0.4) is 0 Å². The second-order valence-corrected chi connectivity index (χ2v) is 5.69. The van der Waals surface area contributed by atoms with Crippen molar-refractivity contribution in [2.45, 2.75) is 12.3 Å². The van der Waals surface area contributed by atoms with Crippen molar-refractivity contribution in [1.29, 1.82) is 0 Å². The number of amides is 2. The maximum Gasteiger partial charge on any atom is 0.260 e. The molecule has 1 atom stereocenters. The predicted octanol–water partition coefficient (Wildman–Crippen LogP) is 2.86. The minimum absolute atomic E-state index is 0.0443. The molecular weight excluding hydrogens is 306 g/mol. The van der Waals surface area contributed by atoms with Crippen LogP contribution < -0.4 is 9.47 Å². The summed E-state index contributed by atoms with van der Waals surface area (Å²) in [7, 11) is 3.05. The van der Waals surface area contributed by atoms with E-state index in [2.05, 4.69) is 0 Å². The van der Waals surface area contributed by atoms with E-state index in [9.17, 15) is 9.59 Å². The molecule has 5 nitrogen and oxygen atoms in total. The van der Waals surface area contributed by atoms with Crippen molar-refractivity contribution in [3.8, 4) is 11.5 Å². The van der Waals surface area contributed by atoms with Crippen molar-refractivity contribution >= 4 is 11.8 Å². The second kappa shape index (κ2) is 6.74. The fourth-order valence-corrected chi connectivity index (χ4v) is 2.98. The number of methoxy groups -OCH3 is 2. The maximum atomic E-state index is 12.7. The molecule has 1 saturated heterocycles. The Balaban J connectivity index is 1.81. The molecule has 0 N–H and O–H groups in total. The van der Waals surface area contributed by atoms with Gasteiger partial charge in [-0.25, -0.2) is 0 Å². The fourth-order valence-electron chi connectivity index (χ4n) is 2.98. The van der Waals surface area contributed by atoms with Gasteiger partial charge in [0.1, 0.15) is 0 Å². The molecule has 2 aromatic carbocycles. The van der Waals surface area contributed by atoms with Crippen molar-refractivity contribution in [2.75, 3.05) is 20.8 Å². The molecule has 1 heterocycles. The number of benzene rings is 2. The number of likely N-dealkylation sites (tertiary alicyclic amines) is 1. The maximum absolute atomic E-state index is 12.7. The van der Waals surface area contributed by atoms with Crippen molar-refractivity contribution in [3.05, 3.63) is 59.7 Å². The largest absolute Gasteiger partial charge is 0.493 e. The summed E-state index contributed by atoms with van der Waals surface area (Å²) in [5.74, 6) is 0.601. The predicted molar refractivity (Wildman–Crippen MR) is 89.4 cm³/mol. The number of hydrogen-bond donors (Lipinski definition) is 0. The van der Waals surface area contributed by atoms with Crippen LogP contribution in [0.4, 0.5) is 0 Å². The average Bonchev–Trinajstić information content (AvgIpc) is 3.03. The average molecular weight is 325 g/mol. The Kier molecular flexibility index (Phi) is 4.51. The van der Waals surface area contributed by atoms with Gasteiger partial charge in [-0.05, 0) is 23.8 Å². The summed E-state index contributed by atoms with van der Waals surface area (Å²) in [6.45, 7) is 0.399. The van der Waals surface area contributed by atoms with Crippen LogP contribution in [0.15, 0.2) is 48.5 Å². The Morgan fingerprint density at radius 1 is 1.04 bits per heavy atom. The van der Waals surface area contributed by atoms with Crippen LogP contribution in [0, 0.1) is 0 Å². The molecule has 1 aliphatic heterocycles. The van der Waals surface area contributed by atoms with Gasteiger partial charge in [0.2, 0.25) is 5.91 Å². The molecule has 2 aromatic rings. The molecule has 1 unspecified atom stereocenters. The lowest BCUT2D eigenvalue weighted by atomic mass is 9.98. The first kappa shape index (κ1) is 16.1. The van der Waals surface area contributed by atoms with E-state index >= 15 is 0 Å². The number of hydrogen-bond acceptors (Lipinski definition) is 4. The quantitative estimate of drug-likeness (QED) is 0.811. The highest BCUT2D eigenvalue weighted by Gasteiger charge is 2.35. The highest BCUT2D eigenvalue weighted by Crippen LogP contribution is 2.31. The summed E-state index contributed by atoms with van der Waals surface area (Å²) >= 11 is 0. The molecule has 124 valence electrons. The van der Waals surface area contributed by atoms with Crippen LogP contribution in [0.1, 0.15) is 28.3 Å². The van der Waals surface area contributed by atoms with Gasteiger partial charge in [-0.2, -0.15) is 0 Å². The number of imide groups is 1. The van der Waals surface area contributed by atoms with E-state index in [-0.39, 0.29) is 17.7 Å². The molecule has 24 heavy (non-hydrogen) atoms. The molecule has 0 saturated carbocycles. The third-order valence-electron chi connectivity index (χ3n) is 4.27. The lowest BCUT2D eigenvalue weighted by molar-refractivity contribution is -0.125. The zero-order valence-electron chi connectivity index (χ0n) is 13.7. The van der Waals surface area contributed by atoms with E-state index in [0.717, 1.165) is 5.56 Å². The molecule has 0 radical (unpaired) electrons. The second-order valence-electron chi connectivity index (χ2n) is 5.69. The molecule has 0 spiro atoms. The van der Waals surface area contributed by atoms with E-state index in [0.29, 0.717) is 30.0 Å². The molecule has 3 rings (SSSR count). The van der Waals surface area contributed by atoms with Crippen molar-refractivity contribution in [3.63, 3.8) is 0 Å². The van der Waals surface area contributed by atoms with Gasteiger partial charge in [-0.15, -0.1) is 0 Å². The molecule has 2 amide bonds. The van der Waals surface area contributed by atoms with E-state index < -0.39 is 0 Å². The zero-order valence-corrected chi connectivity index (χ0v) is 13.7. The lowest BCUT2D eigenvalue weighted by Crippen LogP contribution is -2.32. The minimum atomic E-state index is -0.306. The Bertz CT molecular complexity index is 757. The molecule has 1 fully saturated rings. The Morgan fingerprint density at radius 2 is 1.75 bits per heavy atom. The Morgan fingerprint density at radius 3 is 2.42 bits per heavy atom. The van der Waals surface area contributed by atoms with E-state index in [1.807, 2.05) is 30.3 Å². The Labute approximate surface area is 140 Å². The van der Waals surface area contributed by atoms with Crippen LogP contribution >= 0.6 is 0 Å². The topological polar surface area (TPSA) is 55.8 Å². The highest BCUT2D eigenvalue weighted by atomic mass is 16.5. The van der Waals surface area contributed by atoms with Gasteiger partial charge in [0, 0.05) is 24.4 Å². The highest BCUT2D eigenvalue weighted by molar-refractivity contribution is 6.06. The van der Waals surface area contributed by atoms with Gasteiger partial charge >= 0.3 is 0 Å². The molecule has 0 bridgehead atoms. The molecule has 1 aliphatic rings. The van der Waals surface area contributed by atoms with Crippen molar-refractivity contribution in [1.82, 2.24) is 4.90 Å². The number of carbonyl (C=O) groups is 2. The number of rotatable bonds is 4. The first-order valence-corrected chi connectivity index (χ1v) is 7.75. The minimum Gasteiger partial charge on any atom is -0.493 e. The molecule has 0 aromatic heterocycles. The smallest absolute Gasteiger partial charge is 0.260 e. The van der Waals surface area contributed by atoms with E-state index in [4.69, 9.17) is 9.47 Å². The van der Waals surface area contributed by atoms with Crippen LogP contribution in [0.25, 0.3) is 0 Å². The van der Waals surface area contributed by atoms with Crippen LogP contribution in [-0.4, -0.2) is 37.5 Å². The summed E-state index contributed by atoms with van der Waals surface area (Å²) in [5.41, 5.74) is 1.49. The molecule has 0 aliphatic carbocycles. The van der Waals surface area contributed by atoms with Gasteiger partial charge < -0.3 is 9.47 Å². The van der Waals surface area contributed by atoms with Crippen molar-refractivity contribution < 1.29 is 19.1 Å². The summed E-state index contributed by atoms with van der Waals surface area (Å²) in [6, 6.07) is 14.7. The summed E-state index contributed by atoms with van der Waals surface area (Å²) in [5, 5.41) is 0. The zero-order chi connectivity index (χ0) is 17.1. The summed E-state index contributed by atoms with van der Waals surface area (Å²) < 4.78 is 10.4. The first-order chi connectivity index (χ1) is 11.6. The lowest BCUT2D eigenvalue weighted by Gasteiger charge is -2.16. The third-order valence-corrected chi connectivity index (χ3v) is 4.27. The SMILES string of the molecule is COc1ccc(C(=O)N2CC(c3ccccc3)CC2=O)cc1OC. The van der Waals surface area contributed by atoms with E-state index in [1.165, 1.54) is 19.1 Å². The monoisotopic (exact) mass is 325 g/mol. The number of ether oxygens (including phenoxy) is 2. The normalized spacial score (nSPS) is 17.0. The van der Waals surface area contributed by atoms with Gasteiger partial charge in [-0.3, -0.25) is 14.5 Å². The van der Waals surface area contributed by atoms with Gasteiger partial charge in [0.15, 0.2) is 11.5 Å². The number of carbonyl (C=O) groups excluding carboxylic acids is 2. The third kappa shape index (κ3) is 2.97. The summed E-state index contributed by atoms with van der Waals surface area (Å²) in [4.78, 5) is 26.3. The van der Waals surface area contributed by atoms with Gasteiger partial charge in [0.25, 0.3) is 5.91 Å². The first-order valence-electron chi connectivity index (χ1n) is 7.75. The van der Waals surface area contributed by atoms with Crippen LogP contribution in [0.5, 0.6) is 11.5 Å². The fraction of sp³-hybridized carbons (Fsp3) is 0.263. The number of nitrogens with zero attached hydrogens (tertiary/aromatic N) is 1. The van der Waals surface area contributed by atoms with E-state index in [1.54, 1.807) is 18.2 Å². The standard InChI is InChI=1S/C19H19NO4/c1-23-16-9-8-14(10-17(16)24-2)19(22)20-12-15(11-18(20)21)13-6-4-3-5-7-13/h3-10,15H,11-12H2,1-2H3. The van der Waals surface area contributed by atoms with Crippen molar-refractivity contribution in [2.24, 2.45) is 0 Å². The molecule has 5 heteroatoms. The van der Waals surface area contributed by atoms with Crippen LogP contribution in [-0.2, 0) is 4.79 Å². The van der Waals surface area contributed by atoms with Crippen LogP contribution in [0.2, 0.25) is 0 Å². The van der Waals surface area contributed by atoms with Gasteiger partial charge in [0.05, 0.1) is 14.2 Å². The molecular formula is C19H19NO4. The summed E-state index contributed by atoms with van der Waals surface area (Å²) in [6.07, 6.45) is 0.350. The Hall–Kier alpha value is -2.82.